The first-order valence-corrected chi connectivity index (χ1v) is 6.78. The SMILES string of the molecule is C=CCC1(Nc2ccc(C)cc2)CCN(C)CC1. The average Bonchev–Trinajstić information content (AvgIpc) is 2.37. The molecule has 0 bridgehead atoms. The average molecular weight is 244 g/mol. The second kappa shape index (κ2) is 5.57. The molecule has 0 radical (unpaired) electrons. The number of hydrogen-bond donors (Lipinski definition) is 1. The largest absolute Gasteiger partial charge is 0.379 e. The molecule has 1 N–H and O–H groups in total. The third-order valence-electron chi connectivity index (χ3n) is 3.94. The molecule has 1 heterocycles. The molecule has 0 spiro atoms. The summed E-state index contributed by atoms with van der Waals surface area (Å²) in [5.74, 6) is 0. The Hall–Kier alpha value is -1.28. The van der Waals surface area contributed by atoms with E-state index in [4.69, 9.17) is 0 Å². The second-order valence-electron chi connectivity index (χ2n) is 5.57. The van der Waals surface area contributed by atoms with Gasteiger partial charge in [-0.25, -0.2) is 0 Å². The summed E-state index contributed by atoms with van der Waals surface area (Å²) in [6, 6.07) is 8.69. The summed E-state index contributed by atoms with van der Waals surface area (Å²) in [4.78, 5) is 2.40. The van der Waals surface area contributed by atoms with Crippen molar-refractivity contribution in [2.45, 2.75) is 31.7 Å². The lowest BCUT2D eigenvalue weighted by Crippen LogP contribution is -2.47. The Morgan fingerprint density at radius 1 is 1.28 bits per heavy atom. The lowest BCUT2D eigenvalue weighted by atomic mass is 9.84. The number of nitrogens with one attached hydrogen (secondary N) is 1. The van der Waals surface area contributed by atoms with E-state index in [0.29, 0.717) is 0 Å². The Balaban J connectivity index is 2.10. The molecule has 0 amide bonds. The molecule has 1 aromatic carbocycles. The maximum Gasteiger partial charge on any atom is 0.0432 e. The summed E-state index contributed by atoms with van der Waals surface area (Å²) >= 11 is 0. The molecule has 1 aliphatic rings. The van der Waals surface area contributed by atoms with Crippen LogP contribution in [-0.2, 0) is 0 Å². The van der Waals surface area contributed by atoms with Crippen LogP contribution in [0.2, 0.25) is 0 Å². The van der Waals surface area contributed by atoms with E-state index < -0.39 is 0 Å². The molecular weight excluding hydrogens is 220 g/mol. The van der Waals surface area contributed by atoms with Crippen LogP contribution in [0.15, 0.2) is 36.9 Å². The summed E-state index contributed by atoms with van der Waals surface area (Å²) < 4.78 is 0. The Bertz CT molecular complexity index is 386. The second-order valence-corrected chi connectivity index (χ2v) is 5.57. The molecule has 18 heavy (non-hydrogen) atoms. The van der Waals surface area contributed by atoms with Crippen LogP contribution in [0.5, 0.6) is 0 Å². The van der Waals surface area contributed by atoms with Gasteiger partial charge in [0.1, 0.15) is 0 Å². The molecule has 1 fully saturated rings. The van der Waals surface area contributed by atoms with Gasteiger partial charge in [-0.05, 0) is 45.4 Å². The van der Waals surface area contributed by atoms with Gasteiger partial charge in [-0.15, -0.1) is 6.58 Å². The number of rotatable bonds is 4. The Labute approximate surface area is 111 Å². The standard InChI is InChI=1S/C16H24N2/c1-4-9-16(10-12-18(3)13-11-16)17-15-7-5-14(2)6-8-15/h4-8,17H,1,9-13H2,2-3H3. The van der Waals surface area contributed by atoms with Crippen LogP contribution in [-0.4, -0.2) is 30.6 Å². The van der Waals surface area contributed by atoms with Crippen molar-refractivity contribution in [2.24, 2.45) is 0 Å². The zero-order valence-electron chi connectivity index (χ0n) is 11.6. The number of benzene rings is 1. The van der Waals surface area contributed by atoms with E-state index in [9.17, 15) is 0 Å². The minimum atomic E-state index is 0.198. The highest BCUT2D eigenvalue weighted by Gasteiger charge is 2.32. The summed E-state index contributed by atoms with van der Waals surface area (Å²) in [6.07, 6.45) is 5.45. The third kappa shape index (κ3) is 3.14. The van der Waals surface area contributed by atoms with Crippen molar-refractivity contribution >= 4 is 5.69 Å². The molecule has 0 unspecified atom stereocenters. The van der Waals surface area contributed by atoms with Crippen LogP contribution in [0.3, 0.4) is 0 Å². The molecule has 2 rings (SSSR count). The Kier molecular flexibility index (Phi) is 4.07. The predicted molar refractivity (Wildman–Crippen MR) is 79.1 cm³/mol. The molecule has 2 heteroatoms. The smallest absolute Gasteiger partial charge is 0.0432 e. The zero-order chi connectivity index (χ0) is 13.0. The molecule has 2 nitrogen and oxygen atoms in total. The van der Waals surface area contributed by atoms with Gasteiger partial charge in [-0.3, -0.25) is 0 Å². The minimum Gasteiger partial charge on any atom is -0.379 e. The number of piperidine rings is 1. The first-order chi connectivity index (χ1) is 8.63. The first-order valence-electron chi connectivity index (χ1n) is 6.78. The molecule has 0 atom stereocenters. The van der Waals surface area contributed by atoms with E-state index in [0.717, 1.165) is 19.5 Å². The van der Waals surface area contributed by atoms with Gasteiger partial charge >= 0.3 is 0 Å². The first kappa shape index (κ1) is 13.2. The number of hydrogen-bond acceptors (Lipinski definition) is 2. The van der Waals surface area contributed by atoms with Crippen molar-refractivity contribution in [3.63, 3.8) is 0 Å². The summed E-state index contributed by atoms with van der Waals surface area (Å²) in [5, 5.41) is 3.75. The highest BCUT2D eigenvalue weighted by molar-refractivity contribution is 5.47. The van der Waals surface area contributed by atoms with Gasteiger partial charge in [0, 0.05) is 24.3 Å². The van der Waals surface area contributed by atoms with Gasteiger partial charge < -0.3 is 10.2 Å². The van der Waals surface area contributed by atoms with Crippen molar-refractivity contribution in [3.05, 3.63) is 42.5 Å². The monoisotopic (exact) mass is 244 g/mol. The Morgan fingerprint density at radius 3 is 2.44 bits per heavy atom. The zero-order valence-corrected chi connectivity index (χ0v) is 11.6. The third-order valence-corrected chi connectivity index (χ3v) is 3.94. The number of likely N-dealkylation sites (tertiary alicyclic amines) is 1. The van der Waals surface area contributed by atoms with E-state index in [1.165, 1.54) is 24.1 Å². The fraction of sp³-hybridized carbons (Fsp3) is 0.500. The van der Waals surface area contributed by atoms with E-state index in [1.807, 2.05) is 6.08 Å². The number of nitrogens with zero attached hydrogens (tertiary/aromatic N) is 1. The predicted octanol–water partition coefficient (Wildman–Crippen LogP) is 3.45. The van der Waals surface area contributed by atoms with Crippen molar-refractivity contribution in [3.8, 4) is 0 Å². The lowest BCUT2D eigenvalue weighted by Gasteiger charge is -2.41. The maximum absolute atomic E-state index is 3.92. The Morgan fingerprint density at radius 2 is 1.89 bits per heavy atom. The fourth-order valence-electron chi connectivity index (χ4n) is 2.65. The molecule has 0 aliphatic carbocycles. The molecule has 0 aromatic heterocycles. The minimum absolute atomic E-state index is 0.198. The molecular formula is C16H24N2. The highest BCUT2D eigenvalue weighted by atomic mass is 15.1. The van der Waals surface area contributed by atoms with Crippen LogP contribution < -0.4 is 5.32 Å². The molecule has 0 saturated carbocycles. The van der Waals surface area contributed by atoms with Crippen LogP contribution in [0.4, 0.5) is 5.69 Å². The van der Waals surface area contributed by atoms with E-state index in [-0.39, 0.29) is 5.54 Å². The lowest BCUT2D eigenvalue weighted by molar-refractivity contribution is 0.206. The van der Waals surface area contributed by atoms with Gasteiger partial charge in [0.05, 0.1) is 0 Å². The van der Waals surface area contributed by atoms with Crippen molar-refractivity contribution < 1.29 is 0 Å². The van der Waals surface area contributed by atoms with Crippen molar-refractivity contribution in [1.29, 1.82) is 0 Å². The topological polar surface area (TPSA) is 15.3 Å². The number of anilines is 1. The van der Waals surface area contributed by atoms with E-state index >= 15 is 0 Å². The quantitative estimate of drug-likeness (QED) is 0.816. The summed E-state index contributed by atoms with van der Waals surface area (Å²) in [6.45, 7) is 8.36. The molecule has 1 aliphatic heterocycles. The maximum atomic E-state index is 3.92. The van der Waals surface area contributed by atoms with Gasteiger partial charge in [0.15, 0.2) is 0 Å². The normalized spacial score (nSPS) is 19.4. The van der Waals surface area contributed by atoms with Crippen LogP contribution >= 0.6 is 0 Å². The van der Waals surface area contributed by atoms with Gasteiger partial charge in [0.2, 0.25) is 0 Å². The number of aryl methyl sites for hydroxylation is 1. The van der Waals surface area contributed by atoms with E-state index in [1.54, 1.807) is 0 Å². The highest BCUT2D eigenvalue weighted by Crippen LogP contribution is 2.30. The summed E-state index contributed by atoms with van der Waals surface area (Å²) in [7, 11) is 2.20. The van der Waals surface area contributed by atoms with Crippen molar-refractivity contribution in [1.82, 2.24) is 4.90 Å². The van der Waals surface area contributed by atoms with Crippen LogP contribution in [0, 0.1) is 6.92 Å². The van der Waals surface area contributed by atoms with Crippen LogP contribution in [0.1, 0.15) is 24.8 Å². The molecule has 1 saturated heterocycles. The van der Waals surface area contributed by atoms with Gasteiger partial charge in [-0.1, -0.05) is 23.8 Å². The van der Waals surface area contributed by atoms with Gasteiger partial charge in [0.25, 0.3) is 0 Å². The van der Waals surface area contributed by atoms with Gasteiger partial charge in [-0.2, -0.15) is 0 Å². The summed E-state index contributed by atoms with van der Waals surface area (Å²) in [5.41, 5.74) is 2.73. The molecule has 98 valence electrons. The molecule has 1 aromatic rings. The van der Waals surface area contributed by atoms with Crippen molar-refractivity contribution in [2.75, 3.05) is 25.5 Å². The van der Waals surface area contributed by atoms with E-state index in [2.05, 4.69) is 55.0 Å². The van der Waals surface area contributed by atoms with Crippen LogP contribution in [0.25, 0.3) is 0 Å². The fourth-order valence-corrected chi connectivity index (χ4v) is 2.65.